The van der Waals surface area contributed by atoms with E-state index in [0.29, 0.717) is 0 Å². The van der Waals surface area contributed by atoms with E-state index in [1.165, 1.54) is 0 Å². The number of nitrogens with one attached hydrogen (secondary N) is 1. The number of thioether (sulfide) groups is 1. The second kappa shape index (κ2) is 4.86. The van der Waals surface area contributed by atoms with E-state index < -0.39 is 0 Å². The zero-order chi connectivity index (χ0) is 9.64. The highest BCUT2D eigenvalue weighted by Gasteiger charge is 2.00. The van der Waals surface area contributed by atoms with Gasteiger partial charge in [0.2, 0.25) is 0 Å². The molecule has 3 heteroatoms. The Hall–Kier alpha value is -1.22. The van der Waals surface area contributed by atoms with Crippen LogP contribution in [-0.4, -0.2) is 17.5 Å². The first-order chi connectivity index (χ1) is 6.95. The summed E-state index contributed by atoms with van der Waals surface area (Å²) >= 11 is 1.73. The first-order valence-corrected chi connectivity index (χ1v) is 5.58. The maximum Gasteiger partial charge on any atom is 0.161 e. The van der Waals surface area contributed by atoms with E-state index in [4.69, 9.17) is 0 Å². The van der Waals surface area contributed by atoms with Gasteiger partial charge in [0.05, 0.1) is 6.54 Å². The molecule has 72 valence electrons. The van der Waals surface area contributed by atoms with Gasteiger partial charge in [-0.3, -0.25) is 4.99 Å². The lowest BCUT2D eigenvalue weighted by molar-refractivity contribution is 1.25. The maximum absolute atomic E-state index is 4.40. The number of aliphatic imine (C=N–C) groups is 1. The fourth-order valence-corrected chi connectivity index (χ4v) is 1.92. The van der Waals surface area contributed by atoms with Gasteiger partial charge in [-0.15, -0.1) is 0 Å². The van der Waals surface area contributed by atoms with E-state index in [2.05, 4.69) is 22.5 Å². The van der Waals surface area contributed by atoms with Crippen molar-refractivity contribution < 1.29 is 0 Å². The Morgan fingerprint density at radius 1 is 1.14 bits per heavy atom. The summed E-state index contributed by atoms with van der Waals surface area (Å²) in [6.45, 7) is 0.780. The number of amidine groups is 1. The molecular formula is C11H12N2S. The van der Waals surface area contributed by atoms with E-state index >= 15 is 0 Å². The monoisotopic (exact) mass is 204 g/mol. The second-order valence-electron chi connectivity index (χ2n) is 2.92. The molecule has 1 aromatic carbocycles. The smallest absolute Gasteiger partial charge is 0.161 e. The van der Waals surface area contributed by atoms with Crippen LogP contribution in [0, 0.1) is 0 Å². The summed E-state index contributed by atoms with van der Waals surface area (Å²) in [5, 5.41) is 4.29. The van der Waals surface area contributed by atoms with Crippen molar-refractivity contribution in [1.29, 1.82) is 0 Å². The third-order valence-electron chi connectivity index (χ3n) is 1.85. The SMILES string of the molecule is C1=CCSC(Nc2ccccc2)=NC1. The van der Waals surface area contributed by atoms with Crippen LogP contribution in [0.25, 0.3) is 0 Å². The molecule has 14 heavy (non-hydrogen) atoms. The number of anilines is 1. The molecule has 1 aromatic rings. The molecular weight excluding hydrogens is 192 g/mol. The van der Waals surface area contributed by atoms with Gasteiger partial charge in [0.1, 0.15) is 0 Å². The van der Waals surface area contributed by atoms with Crippen molar-refractivity contribution in [2.24, 2.45) is 4.99 Å². The molecule has 1 aliphatic heterocycles. The Morgan fingerprint density at radius 2 is 2.00 bits per heavy atom. The predicted molar refractivity (Wildman–Crippen MR) is 64.0 cm³/mol. The van der Waals surface area contributed by atoms with E-state index in [-0.39, 0.29) is 0 Å². The predicted octanol–water partition coefficient (Wildman–Crippen LogP) is 2.76. The number of benzene rings is 1. The van der Waals surface area contributed by atoms with Crippen molar-refractivity contribution in [2.75, 3.05) is 17.6 Å². The van der Waals surface area contributed by atoms with Gasteiger partial charge in [-0.2, -0.15) is 0 Å². The summed E-state index contributed by atoms with van der Waals surface area (Å²) in [6, 6.07) is 10.1. The largest absolute Gasteiger partial charge is 0.335 e. The zero-order valence-corrected chi connectivity index (χ0v) is 8.63. The zero-order valence-electron chi connectivity index (χ0n) is 7.81. The van der Waals surface area contributed by atoms with E-state index in [1.807, 2.05) is 30.3 Å². The Bertz CT molecular complexity index is 344. The quantitative estimate of drug-likeness (QED) is 0.711. The Morgan fingerprint density at radius 3 is 2.86 bits per heavy atom. The molecule has 1 N–H and O–H groups in total. The van der Waals surface area contributed by atoms with Crippen LogP contribution in [0.2, 0.25) is 0 Å². The summed E-state index contributed by atoms with van der Waals surface area (Å²) in [5.41, 5.74) is 1.10. The Labute approximate surface area is 88.1 Å². The summed E-state index contributed by atoms with van der Waals surface area (Å²) in [4.78, 5) is 4.40. The van der Waals surface area contributed by atoms with Gasteiger partial charge in [0, 0.05) is 11.4 Å². The van der Waals surface area contributed by atoms with Crippen LogP contribution < -0.4 is 5.32 Å². The average molecular weight is 204 g/mol. The second-order valence-corrected chi connectivity index (χ2v) is 3.93. The molecule has 0 atom stereocenters. The summed E-state index contributed by atoms with van der Waals surface area (Å²) in [6.07, 6.45) is 4.24. The van der Waals surface area contributed by atoms with E-state index in [0.717, 1.165) is 23.2 Å². The first-order valence-electron chi connectivity index (χ1n) is 4.59. The van der Waals surface area contributed by atoms with Crippen molar-refractivity contribution in [1.82, 2.24) is 0 Å². The van der Waals surface area contributed by atoms with Gasteiger partial charge in [-0.05, 0) is 12.1 Å². The van der Waals surface area contributed by atoms with Gasteiger partial charge in [-0.25, -0.2) is 0 Å². The average Bonchev–Trinajstić information content (AvgIpc) is 2.48. The van der Waals surface area contributed by atoms with Crippen LogP contribution in [0.1, 0.15) is 0 Å². The first kappa shape index (κ1) is 9.34. The lowest BCUT2D eigenvalue weighted by Crippen LogP contribution is -2.07. The van der Waals surface area contributed by atoms with Gasteiger partial charge in [-0.1, -0.05) is 42.1 Å². The lowest BCUT2D eigenvalue weighted by Gasteiger charge is -2.06. The molecule has 0 aliphatic carbocycles. The number of hydrogen-bond acceptors (Lipinski definition) is 3. The summed E-state index contributed by atoms with van der Waals surface area (Å²) in [5.74, 6) is 0.999. The van der Waals surface area contributed by atoms with Crippen LogP contribution in [-0.2, 0) is 0 Å². The van der Waals surface area contributed by atoms with Gasteiger partial charge < -0.3 is 5.32 Å². The van der Waals surface area contributed by atoms with Crippen molar-refractivity contribution in [3.8, 4) is 0 Å². The molecule has 0 amide bonds. The van der Waals surface area contributed by atoms with Gasteiger partial charge in [0.15, 0.2) is 5.17 Å². The van der Waals surface area contributed by atoms with Crippen LogP contribution in [0.4, 0.5) is 5.69 Å². The van der Waals surface area contributed by atoms with Crippen molar-refractivity contribution in [3.63, 3.8) is 0 Å². The summed E-state index contributed by atoms with van der Waals surface area (Å²) < 4.78 is 0. The number of hydrogen-bond donors (Lipinski definition) is 1. The molecule has 1 heterocycles. The van der Waals surface area contributed by atoms with Crippen molar-refractivity contribution in [3.05, 3.63) is 42.5 Å². The standard InChI is InChI=1S/C11H12N2S/c1-2-6-10(7-3-1)13-11-12-8-4-5-9-14-11/h1-7H,8-9H2,(H,12,13). The van der Waals surface area contributed by atoms with E-state index in [9.17, 15) is 0 Å². The summed E-state index contributed by atoms with van der Waals surface area (Å²) in [7, 11) is 0. The van der Waals surface area contributed by atoms with Crippen LogP contribution in [0.5, 0.6) is 0 Å². The fourth-order valence-electron chi connectivity index (χ4n) is 1.17. The number of para-hydroxylation sites is 1. The van der Waals surface area contributed by atoms with Gasteiger partial charge >= 0.3 is 0 Å². The third kappa shape index (κ3) is 2.64. The number of nitrogens with zero attached hydrogens (tertiary/aromatic N) is 1. The molecule has 2 rings (SSSR count). The molecule has 0 saturated carbocycles. The Balaban J connectivity index is 2.01. The van der Waals surface area contributed by atoms with Gasteiger partial charge in [0.25, 0.3) is 0 Å². The topological polar surface area (TPSA) is 24.4 Å². The molecule has 0 spiro atoms. The highest BCUT2D eigenvalue weighted by molar-refractivity contribution is 8.14. The highest BCUT2D eigenvalue weighted by atomic mass is 32.2. The molecule has 1 aliphatic rings. The maximum atomic E-state index is 4.40. The Kier molecular flexibility index (Phi) is 3.24. The minimum absolute atomic E-state index is 0.780. The molecule has 0 saturated heterocycles. The fraction of sp³-hybridized carbons (Fsp3) is 0.182. The van der Waals surface area contributed by atoms with E-state index in [1.54, 1.807) is 11.8 Å². The minimum Gasteiger partial charge on any atom is -0.335 e. The van der Waals surface area contributed by atoms with Crippen molar-refractivity contribution in [2.45, 2.75) is 0 Å². The van der Waals surface area contributed by atoms with Crippen LogP contribution in [0.3, 0.4) is 0 Å². The van der Waals surface area contributed by atoms with Crippen LogP contribution >= 0.6 is 11.8 Å². The number of rotatable bonds is 1. The minimum atomic E-state index is 0.780. The molecule has 0 radical (unpaired) electrons. The van der Waals surface area contributed by atoms with Crippen molar-refractivity contribution >= 4 is 22.6 Å². The van der Waals surface area contributed by atoms with Crippen LogP contribution in [0.15, 0.2) is 47.5 Å². The molecule has 0 aromatic heterocycles. The molecule has 0 unspecified atom stereocenters. The molecule has 0 fully saturated rings. The molecule has 2 nitrogen and oxygen atoms in total. The lowest BCUT2D eigenvalue weighted by atomic mass is 10.3. The highest BCUT2D eigenvalue weighted by Crippen LogP contribution is 2.12. The third-order valence-corrected chi connectivity index (χ3v) is 2.71. The normalized spacial score (nSPS) is 15.9. The molecule has 0 bridgehead atoms.